The highest BCUT2D eigenvalue weighted by Gasteiger charge is 2.54. The number of H-pyrrole nitrogens is 1. The van der Waals surface area contributed by atoms with E-state index < -0.39 is 52.5 Å². The first-order chi connectivity index (χ1) is 17.3. The van der Waals surface area contributed by atoms with Crippen LogP contribution in [0.25, 0.3) is 0 Å². The minimum absolute atomic E-state index is 0.152. The molecular weight excluding hydrogens is 568 g/mol. The lowest BCUT2D eigenvalue weighted by Crippen LogP contribution is -2.42. The number of aliphatic hydroxyl groups excluding tert-OH is 1. The van der Waals surface area contributed by atoms with E-state index in [-0.39, 0.29) is 19.3 Å². The number of aromatic nitrogens is 2. The van der Waals surface area contributed by atoms with Crippen molar-refractivity contribution in [2.45, 2.75) is 62.1 Å². The van der Waals surface area contributed by atoms with Gasteiger partial charge in [0.15, 0.2) is 4.33 Å². The lowest BCUT2D eigenvalue weighted by Gasteiger charge is -2.28. The van der Waals surface area contributed by atoms with E-state index in [4.69, 9.17) is 53.5 Å². The third-order valence-corrected chi connectivity index (χ3v) is 8.64. The molecule has 1 fully saturated rings. The van der Waals surface area contributed by atoms with Crippen molar-refractivity contribution in [3.8, 4) is 5.75 Å². The molecule has 0 aliphatic carbocycles. The molecule has 3 rings (SSSR count). The maximum absolute atomic E-state index is 12.4. The Kier molecular flexibility index (Phi) is 9.98. The second-order valence-electron chi connectivity index (χ2n) is 8.58. The zero-order valence-electron chi connectivity index (χ0n) is 20.2. The molecule has 204 valence electrons. The average Bonchev–Trinajstić information content (AvgIpc) is 3.02. The molecule has 15 heteroatoms. The Labute approximate surface area is 228 Å². The van der Waals surface area contributed by atoms with Gasteiger partial charge < -0.3 is 23.6 Å². The molecule has 1 aromatic carbocycles. The number of hydrogen-bond acceptors (Lipinski definition) is 9. The Morgan fingerprint density at radius 1 is 1.27 bits per heavy atom. The van der Waals surface area contributed by atoms with Crippen LogP contribution in [0.1, 0.15) is 20.8 Å². The minimum atomic E-state index is -3.40. The van der Waals surface area contributed by atoms with Gasteiger partial charge in [-0.1, -0.05) is 41.4 Å². The molecule has 0 saturated carbocycles. The van der Waals surface area contributed by atoms with Crippen molar-refractivity contribution in [2.75, 3.05) is 6.61 Å². The summed E-state index contributed by atoms with van der Waals surface area (Å²) in [5.41, 5.74) is -1.25. The van der Waals surface area contributed by atoms with E-state index in [1.165, 1.54) is 6.20 Å². The Hall–Kier alpha value is -1.76. The SMILES string of the molecule is CC(C)OC(=O)[C@H](C)N[P@](=S)(OC[C@H]1OC(Cn2ccc(=O)[nH]c2=O)C(Cl)(Cl)[C@@H]1O)Oc1ccccc1. The number of aromatic amines is 1. The molecule has 3 N–H and O–H groups in total. The number of carbonyl (C=O) groups excluding carboxylic acids is 1. The largest absolute Gasteiger partial charge is 0.462 e. The number of para-hydroxylation sites is 1. The summed E-state index contributed by atoms with van der Waals surface area (Å²) in [5, 5.41) is 13.7. The van der Waals surface area contributed by atoms with Gasteiger partial charge >= 0.3 is 18.3 Å². The second-order valence-corrected chi connectivity index (χ2v) is 13.2. The minimum Gasteiger partial charge on any atom is -0.462 e. The Balaban J connectivity index is 1.75. The Morgan fingerprint density at radius 3 is 2.57 bits per heavy atom. The third-order valence-electron chi connectivity index (χ3n) is 5.21. The van der Waals surface area contributed by atoms with Crippen LogP contribution in [0.15, 0.2) is 52.2 Å². The summed E-state index contributed by atoms with van der Waals surface area (Å²) >= 11 is 18.4. The van der Waals surface area contributed by atoms with E-state index in [9.17, 15) is 19.5 Å². The van der Waals surface area contributed by atoms with E-state index in [1.54, 1.807) is 51.1 Å². The topological polar surface area (TPSA) is 141 Å². The van der Waals surface area contributed by atoms with Gasteiger partial charge in [-0.3, -0.25) is 19.1 Å². The number of halogens is 2. The molecule has 1 aliphatic heterocycles. The van der Waals surface area contributed by atoms with Crippen LogP contribution in [-0.4, -0.2) is 62.0 Å². The Bertz CT molecular complexity index is 1240. The molecule has 5 atom stereocenters. The third kappa shape index (κ3) is 7.87. The van der Waals surface area contributed by atoms with Crippen LogP contribution in [0.2, 0.25) is 0 Å². The second kappa shape index (κ2) is 12.4. The van der Waals surface area contributed by atoms with Crippen molar-refractivity contribution >= 4 is 47.6 Å². The average molecular weight is 596 g/mol. The van der Waals surface area contributed by atoms with Crippen molar-refractivity contribution in [1.29, 1.82) is 0 Å². The van der Waals surface area contributed by atoms with E-state index in [0.717, 1.165) is 10.6 Å². The fourth-order valence-corrected chi connectivity index (χ4v) is 6.32. The Morgan fingerprint density at radius 2 is 1.95 bits per heavy atom. The first-order valence-corrected chi connectivity index (χ1v) is 14.7. The number of nitrogens with zero attached hydrogens (tertiary/aromatic N) is 1. The van der Waals surface area contributed by atoms with Gasteiger partial charge in [-0.25, -0.2) is 9.88 Å². The molecule has 0 bridgehead atoms. The van der Waals surface area contributed by atoms with Crippen LogP contribution < -0.4 is 20.9 Å². The summed E-state index contributed by atoms with van der Waals surface area (Å²) < 4.78 is 22.2. The summed E-state index contributed by atoms with van der Waals surface area (Å²) in [6.45, 7) is 1.14. The van der Waals surface area contributed by atoms with Gasteiger partial charge in [-0.2, -0.15) is 0 Å². The molecule has 37 heavy (non-hydrogen) atoms. The highest BCUT2D eigenvalue weighted by molar-refractivity contribution is 8.09. The quantitative estimate of drug-likeness (QED) is 0.201. The summed E-state index contributed by atoms with van der Waals surface area (Å²) in [4.78, 5) is 37.9. The van der Waals surface area contributed by atoms with Gasteiger partial charge in [-0.05, 0) is 44.7 Å². The smallest absolute Gasteiger partial charge is 0.328 e. The molecule has 0 spiro atoms. The standard InChI is InChI=1S/C22H28Cl2N3O8PS/c1-13(2)33-20(30)14(3)26-36(37,35-15-7-5-4-6-8-15)32-12-16-19(29)22(23,24)17(34-16)11-27-10-9-18(28)25-21(27)31/h4-10,13-14,16-17,19,29H,11-12H2,1-3H3,(H,26,37)(H,25,28,31)/t14-,16+,17?,19+,36-/m0/s1. The number of rotatable bonds is 11. The maximum atomic E-state index is 12.4. The first kappa shape index (κ1) is 29.8. The van der Waals surface area contributed by atoms with Crippen LogP contribution in [0, 0.1) is 0 Å². The predicted molar refractivity (Wildman–Crippen MR) is 142 cm³/mol. The lowest BCUT2D eigenvalue weighted by atomic mass is 10.1. The van der Waals surface area contributed by atoms with Crippen molar-refractivity contribution in [1.82, 2.24) is 14.6 Å². The molecule has 2 heterocycles. The summed E-state index contributed by atoms with van der Waals surface area (Å²) in [5.74, 6) is -0.149. The van der Waals surface area contributed by atoms with Gasteiger partial charge in [0.25, 0.3) is 5.56 Å². The molecule has 0 radical (unpaired) electrons. The monoisotopic (exact) mass is 595 g/mol. The van der Waals surface area contributed by atoms with Gasteiger partial charge in [0.1, 0.15) is 30.1 Å². The number of hydrogen-bond donors (Lipinski definition) is 3. The van der Waals surface area contributed by atoms with Gasteiger partial charge in [0, 0.05) is 12.3 Å². The highest BCUT2D eigenvalue weighted by atomic mass is 35.5. The molecule has 11 nitrogen and oxygen atoms in total. The van der Waals surface area contributed by atoms with E-state index in [0.29, 0.717) is 5.75 Å². The summed E-state index contributed by atoms with van der Waals surface area (Å²) in [6, 6.07) is 8.92. The van der Waals surface area contributed by atoms with Crippen LogP contribution in [0.4, 0.5) is 0 Å². The van der Waals surface area contributed by atoms with Crippen molar-refractivity contribution in [3.05, 3.63) is 63.4 Å². The molecule has 1 saturated heterocycles. The van der Waals surface area contributed by atoms with Crippen LogP contribution in [-0.2, 0) is 37.1 Å². The summed E-state index contributed by atoms with van der Waals surface area (Å²) in [7, 11) is 0. The summed E-state index contributed by atoms with van der Waals surface area (Å²) in [6.07, 6.45) is -2.59. The number of ether oxygens (including phenoxy) is 2. The normalized spacial score (nSPS) is 23.4. The first-order valence-electron chi connectivity index (χ1n) is 11.3. The number of esters is 1. The zero-order chi connectivity index (χ0) is 27.4. The number of carbonyl (C=O) groups is 1. The van der Waals surface area contributed by atoms with E-state index in [2.05, 4.69) is 10.1 Å². The molecule has 0 amide bonds. The van der Waals surface area contributed by atoms with Gasteiger partial charge in [0.2, 0.25) is 0 Å². The van der Waals surface area contributed by atoms with Crippen LogP contribution in [0.3, 0.4) is 0 Å². The number of aliphatic hydroxyl groups is 1. The van der Waals surface area contributed by atoms with Crippen molar-refractivity contribution < 1.29 is 28.4 Å². The lowest BCUT2D eigenvalue weighted by molar-refractivity contribution is -0.149. The highest BCUT2D eigenvalue weighted by Crippen LogP contribution is 2.47. The van der Waals surface area contributed by atoms with Gasteiger partial charge in [-0.15, -0.1) is 0 Å². The fourth-order valence-electron chi connectivity index (χ4n) is 3.38. The van der Waals surface area contributed by atoms with Crippen LogP contribution >= 0.6 is 29.8 Å². The predicted octanol–water partition coefficient (Wildman–Crippen LogP) is 2.09. The van der Waals surface area contributed by atoms with Crippen LogP contribution in [0.5, 0.6) is 5.75 Å². The maximum Gasteiger partial charge on any atom is 0.328 e. The fraction of sp³-hybridized carbons (Fsp3) is 0.500. The molecule has 1 aliphatic rings. The number of nitrogens with one attached hydrogen (secondary N) is 2. The molecular formula is C22H28Cl2N3O8PS. The number of benzene rings is 1. The zero-order valence-corrected chi connectivity index (χ0v) is 23.4. The van der Waals surface area contributed by atoms with Gasteiger partial charge in [0.05, 0.1) is 19.3 Å². The molecule has 2 aromatic rings. The van der Waals surface area contributed by atoms with Crippen molar-refractivity contribution in [2.24, 2.45) is 0 Å². The molecule has 1 aromatic heterocycles. The van der Waals surface area contributed by atoms with E-state index >= 15 is 0 Å². The van der Waals surface area contributed by atoms with Crippen molar-refractivity contribution in [3.63, 3.8) is 0 Å². The molecule has 1 unspecified atom stereocenters. The number of alkyl halides is 2. The van der Waals surface area contributed by atoms with E-state index in [1.807, 2.05) is 0 Å².